The predicted octanol–water partition coefficient (Wildman–Crippen LogP) is 3.37. The van der Waals surface area contributed by atoms with Gasteiger partial charge < -0.3 is 0 Å². The van der Waals surface area contributed by atoms with Gasteiger partial charge in [0.05, 0.1) is 0 Å². The van der Waals surface area contributed by atoms with Crippen LogP contribution in [0.3, 0.4) is 0 Å². The molecule has 0 aromatic carbocycles. The third-order valence-electron chi connectivity index (χ3n) is 3.87. The first-order chi connectivity index (χ1) is 9.33. The summed E-state index contributed by atoms with van der Waals surface area (Å²) in [6.45, 7) is 6.52. The van der Waals surface area contributed by atoms with E-state index in [4.69, 9.17) is 5.14 Å². The smallest absolute Gasteiger partial charge is 0.239 e. The Labute approximate surface area is 122 Å². The number of sulfonamides is 1. The summed E-state index contributed by atoms with van der Waals surface area (Å²) in [6, 6.07) is 1.68. The van der Waals surface area contributed by atoms with Gasteiger partial charge in [0.2, 0.25) is 10.0 Å². The molecular weight excluding hydrogens is 272 g/mol. The minimum atomic E-state index is -3.69. The van der Waals surface area contributed by atoms with Crippen molar-refractivity contribution in [1.82, 2.24) is 4.98 Å². The highest BCUT2D eigenvalue weighted by atomic mass is 32.2. The van der Waals surface area contributed by atoms with Crippen molar-refractivity contribution in [3.8, 4) is 0 Å². The maximum atomic E-state index is 11.5. The molecule has 0 saturated heterocycles. The fourth-order valence-corrected chi connectivity index (χ4v) is 3.13. The van der Waals surface area contributed by atoms with E-state index in [1.165, 1.54) is 19.0 Å². The van der Waals surface area contributed by atoms with E-state index in [9.17, 15) is 8.42 Å². The predicted molar refractivity (Wildman–Crippen MR) is 82.0 cm³/mol. The van der Waals surface area contributed by atoms with Gasteiger partial charge >= 0.3 is 0 Å². The second-order valence-corrected chi connectivity index (χ2v) is 7.28. The first-order valence-electron chi connectivity index (χ1n) is 7.32. The van der Waals surface area contributed by atoms with Crippen molar-refractivity contribution in [3.05, 3.63) is 24.0 Å². The van der Waals surface area contributed by atoms with E-state index in [1.807, 2.05) is 0 Å². The maximum Gasteiger partial charge on any atom is 0.239 e. The van der Waals surface area contributed by atoms with Gasteiger partial charge in [-0.25, -0.2) is 13.6 Å². The molecule has 1 rings (SSSR count). The molecule has 0 aliphatic heterocycles. The summed E-state index contributed by atoms with van der Waals surface area (Å²) >= 11 is 0. The van der Waals surface area contributed by atoms with Gasteiger partial charge in [0, 0.05) is 12.4 Å². The molecule has 1 aromatic heterocycles. The summed E-state index contributed by atoms with van der Waals surface area (Å²) in [4.78, 5) is 4.17. The average molecular weight is 298 g/mol. The number of pyridine rings is 1. The molecule has 2 N–H and O–H groups in total. The van der Waals surface area contributed by atoms with Crippen LogP contribution in [0.4, 0.5) is 0 Å². The summed E-state index contributed by atoms with van der Waals surface area (Å²) in [6.07, 6.45) is 9.73. The molecule has 1 aromatic rings. The van der Waals surface area contributed by atoms with Crippen LogP contribution in [0.2, 0.25) is 0 Å². The fourth-order valence-electron chi connectivity index (χ4n) is 2.64. The van der Waals surface area contributed by atoms with Crippen molar-refractivity contribution < 1.29 is 8.42 Å². The SMILES string of the molecule is CCCCCC(C)(CCC)c1cncc(S(N)(=O)=O)c1. The Balaban J connectivity index is 3.08. The van der Waals surface area contributed by atoms with E-state index >= 15 is 0 Å². The number of unbranched alkanes of at least 4 members (excludes halogenated alkanes) is 2. The lowest BCUT2D eigenvalue weighted by Gasteiger charge is -2.30. The summed E-state index contributed by atoms with van der Waals surface area (Å²) in [7, 11) is -3.69. The standard InChI is InChI=1S/C15H26N2O2S/c1-4-6-7-9-15(3,8-5-2)13-10-14(12-17-11-13)20(16,18)19/h10-12H,4-9H2,1-3H3,(H2,16,18,19). The number of hydrogen-bond acceptors (Lipinski definition) is 3. The third-order valence-corrected chi connectivity index (χ3v) is 4.75. The molecule has 0 amide bonds. The van der Waals surface area contributed by atoms with Crippen LogP contribution in [-0.2, 0) is 15.4 Å². The second-order valence-electron chi connectivity index (χ2n) is 5.72. The first kappa shape index (κ1) is 17.1. The van der Waals surface area contributed by atoms with Gasteiger partial charge in [-0.2, -0.15) is 0 Å². The van der Waals surface area contributed by atoms with Crippen LogP contribution in [0.15, 0.2) is 23.4 Å². The van der Waals surface area contributed by atoms with E-state index in [2.05, 4.69) is 25.8 Å². The Hall–Kier alpha value is -0.940. The van der Waals surface area contributed by atoms with Crippen LogP contribution < -0.4 is 5.14 Å². The monoisotopic (exact) mass is 298 g/mol. The van der Waals surface area contributed by atoms with E-state index in [0.29, 0.717) is 0 Å². The lowest BCUT2D eigenvalue weighted by atomic mass is 9.75. The third kappa shape index (κ3) is 4.56. The zero-order valence-corrected chi connectivity index (χ0v) is 13.5. The molecule has 114 valence electrons. The molecule has 1 atom stereocenters. The zero-order valence-electron chi connectivity index (χ0n) is 12.7. The van der Waals surface area contributed by atoms with E-state index in [0.717, 1.165) is 31.2 Å². The van der Waals surface area contributed by atoms with Gasteiger partial charge in [-0.1, -0.05) is 46.5 Å². The minimum absolute atomic E-state index is 0.0301. The number of aromatic nitrogens is 1. The number of primary sulfonamides is 1. The van der Waals surface area contributed by atoms with Gasteiger partial charge in [0.25, 0.3) is 0 Å². The summed E-state index contributed by atoms with van der Waals surface area (Å²) in [5.41, 5.74) is 0.944. The fraction of sp³-hybridized carbons (Fsp3) is 0.667. The Kier molecular flexibility index (Phi) is 6.14. The molecule has 1 heterocycles. The Morgan fingerprint density at radius 3 is 2.40 bits per heavy atom. The molecule has 5 heteroatoms. The van der Waals surface area contributed by atoms with E-state index in [1.54, 1.807) is 12.3 Å². The van der Waals surface area contributed by atoms with Crippen LogP contribution in [0.5, 0.6) is 0 Å². The zero-order chi connectivity index (χ0) is 15.2. The summed E-state index contributed by atoms with van der Waals surface area (Å²) in [5, 5.41) is 5.20. The molecule has 0 aliphatic carbocycles. The highest BCUT2D eigenvalue weighted by Crippen LogP contribution is 2.34. The Bertz CT molecular complexity index is 528. The van der Waals surface area contributed by atoms with Crippen molar-refractivity contribution >= 4 is 10.0 Å². The van der Waals surface area contributed by atoms with Gasteiger partial charge in [-0.3, -0.25) is 4.98 Å². The summed E-state index contributed by atoms with van der Waals surface area (Å²) in [5.74, 6) is 0. The van der Waals surface area contributed by atoms with Crippen LogP contribution >= 0.6 is 0 Å². The molecule has 0 saturated carbocycles. The van der Waals surface area contributed by atoms with Crippen LogP contribution in [0.1, 0.15) is 64.9 Å². The Morgan fingerprint density at radius 2 is 1.85 bits per heavy atom. The van der Waals surface area contributed by atoms with Gasteiger partial charge in [-0.15, -0.1) is 0 Å². The van der Waals surface area contributed by atoms with Crippen LogP contribution in [-0.4, -0.2) is 13.4 Å². The van der Waals surface area contributed by atoms with Gasteiger partial charge in [-0.05, 0) is 29.9 Å². The molecule has 1 unspecified atom stereocenters. The second kappa shape index (κ2) is 7.18. The number of nitrogens with two attached hydrogens (primary N) is 1. The first-order valence-corrected chi connectivity index (χ1v) is 8.86. The highest BCUT2D eigenvalue weighted by molar-refractivity contribution is 7.89. The topological polar surface area (TPSA) is 73.0 Å². The maximum absolute atomic E-state index is 11.5. The molecular formula is C15H26N2O2S. The van der Waals surface area contributed by atoms with Crippen molar-refractivity contribution in [2.24, 2.45) is 5.14 Å². The van der Waals surface area contributed by atoms with E-state index < -0.39 is 10.0 Å². The molecule has 20 heavy (non-hydrogen) atoms. The van der Waals surface area contributed by atoms with Crippen molar-refractivity contribution in [3.63, 3.8) is 0 Å². The van der Waals surface area contributed by atoms with Crippen LogP contribution in [0, 0.1) is 0 Å². The number of nitrogens with zero attached hydrogens (tertiary/aromatic N) is 1. The molecule has 0 bridgehead atoms. The summed E-state index contributed by atoms with van der Waals surface area (Å²) < 4.78 is 22.9. The number of hydrogen-bond donors (Lipinski definition) is 1. The van der Waals surface area contributed by atoms with Crippen molar-refractivity contribution in [2.45, 2.75) is 69.6 Å². The molecule has 0 fully saturated rings. The molecule has 0 spiro atoms. The van der Waals surface area contributed by atoms with Gasteiger partial charge in [0.15, 0.2) is 0 Å². The van der Waals surface area contributed by atoms with Crippen molar-refractivity contribution in [1.29, 1.82) is 0 Å². The van der Waals surface area contributed by atoms with E-state index in [-0.39, 0.29) is 10.3 Å². The van der Waals surface area contributed by atoms with Crippen LogP contribution in [0.25, 0.3) is 0 Å². The molecule has 0 radical (unpaired) electrons. The van der Waals surface area contributed by atoms with Gasteiger partial charge in [0.1, 0.15) is 4.90 Å². The number of rotatable bonds is 8. The normalized spacial score (nSPS) is 15.0. The Morgan fingerprint density at radius 1 is 1.15 bits per heavy atom. The lowest BCUT2D eigenvalue weighted by Crippen LogP contribution is -2.23. The molecule has 0 aliphatic rings. The van der Waals surface area contributed by atoms with Crippen molar-refractivity contribution in [2.75, 3.05) is 0 Å². The lowest BCUT2D eigenvalue weighted by molar-refractivity contribution is 0.377. The quantitative estimate of drug-likeness (QED) is 0.748. The minimum Gasteiger partial charge on any atom is -0.263 e. The molecule has 4 nitrogen and oxygen atoms in total. The average Bonchev–Trinajstić information content (AvgIpc) is 2.38. The largest absolute Gasteiger partial charge is 0.263 e. The highest BCUT2D eigenvalue weighted by Gasteiger charge is 2.26.